The molecule has 1 aromatic heterocycles. The quantitative estimate of drug-likeness (QED) is 0.273. The van der Waals surface area contributed by atoms with E-state index in [1.165, 1.54) is 12.1 Å². The summed E-state index contributed by atoms with van der Waals surface area (Å²) in [4.78, 5) is 15.6. The largest absolute Gasteiger partial charge is 0.341 e. The van der Waals surface area contributed by atoms with Crippen LogP contribution in [0.15, 0.2) is 82.8 Å². The smallest absolute Gasteiger partial charge is 0.340 e. The molecule has 162 valence electrons. The van der Waals surface area contributed by atoms with Crippen molar-refractivity contribution in [2.75, 3.05) is 5.32 Å². The van der Waals surface area contributed by atoms with Crippen LogP contribution in [-0.4, -0.2) is 25.6 Å². The Hall–Kier alpha value is -3.95. The first-order chi connectivity index (χ1) is 15.3. The fraction of sp³-hybridized carbons (Fsp3) is 0.0435. The molecule has 0 spiro atoms. The van der Waals surface area contributed by atoms with E-state index in [1.54, 1.807) is 12.3 Å². The Labute approximate surface area is 185 Å². The summed E-state index contributed by atoms with van der Waals surface area (Å²) in [6.45, 7) is 1.99. The number of rotatable bonds is 5. The number of nitrogens with one attached hydrogen (secondary N) is 3. The van der Waals surface area contributed by atoms with Crippen LogP contribution in [-0.2, 0) is 10.0 Å². The molecule has 0 radical (unpaired) electrons. The van der Waals surface area contributed by atoms with E-state index in [4.69, 9.17) is 5.14 Å². The van der Waals surface area contributed by atoms with Crippen LogP contribution in [0.3, 0.4) is 0 Å². The van der Waals surface area contributed by atoms with Crippen molar-refractivity contribution in [3.63, 3.8) is 0 Å². The number of primary sulfonamides is 1. The Morgan fingerprint density at radius 1 is 1.03 bits per heavy atom. The molecule has 32 heavy (non-hydrogen) atoms. The van der Waals surface area contributed by atoms with Crippen molar-refractivity contribution in [1.29, 1.82) is 0 Å². The minimum absolute atomic E-state index is 0.0140. The van der Waals surface area contributed by atoms with Crippen LogP contribution < -0.4 is 15.9 Å². The molecule has 0 fully saturated rings. The van der Waals surface area contributed by atoms with Gasteiger partial charge in [0.05, 0.1) is 11.1 Å². The molecule has 4 rings (SSSR count). The van der Waals surface area contributed by atoms with E-state index >= 15 is 0 Å². The molecule has 4 aromatic rings. The second kappa shape index (κ2) is 8.66. The second-order valence-electron chi connectivity index (χ2n) is 7.23. The highest BCUT2D eigenvalue weighted by Gasteiger charge is 2.18. The molecular formula is C23H21N5O3S. The molecule has 5 N–H and O–H groups in total. The van der Waals surface area contributed by atoms with Gasteiger partial charge in [-0.25, -0.2) is 23.8 Å². The van der Waals surface area contributed by atoms with Crippen molar-refractivity contribution in [2.45, 2.75) is 11.8 Å². The number of H-pyrrole nitrogens is 1. The minimum atomic E-state index is -3.88. The van der Waals surface area contributed by atoms with Gasteiger partial charge in [0.15, 0.2) is 0 Å². The first-order valence-corrected chi connectivity index (χ1v) is 11.3. The van der Waals surface area contributed by atoms with Gasteiger partial charge in [-0.2, -0.15) is 5.10 Å². The van der Waals surface area contributed by atoms with E-state index in [-0.39, 0.29) is 4.90 Å². The molecule has 8 nitrogen and oxygen atoms in total. The molecule has 0 bridgehead atoms. The van der Waals surface area contributed by atoms with Crippen LogP contribution in [0.2, 0.25) is 0 Å². The number of amides is 2. The number of aromatic nitrogens is 1. The zero-order valence-corrected chi connectivity index (χ0v) is 18.0. The molecule has 3 aromatic carbocycles. The number of carbonyl (C=O) groups is 1. The molecule has 0 aliphatic heterocycles. The van der Waals surface area contributed by atoms with E-state index in [0.29, 0.717) is 22.3 Å². The summed E-state index contributed by atoms with van der Waals surface area (Å²) in [6, 6.07) is 21.0. The van der Waals surface area contributed by atoms with Crippen LogP contribution >= 0.6 is 0 Å². The van der Waals surface area contributed by atoms with Gasteiger partial charge in [0.1, 0.15) is 5.82 Å². The van der Waals surface area contributed by atoms with Crippen molar-refractivity contribution in [3.8, 4) is 11.1 Å². The van der Waals surface area contributed by atoms with Crippen molar-refractivity contribution < 1.29 is 13.2 Å². The number of sulfonamides is 1. The number of urea groups is 1. The van der Waals surface area contributed by atoms with Crippen molar-refractivity contribution in [3.05, 3.63) is 83.9 Å². The molecule has 0 aliphatic rings. The Kier molecular flexibility index (Phi) is 5.76. The lowest BCUT2D eigenvalue weighted by molar-refractivity contribution is 0.252. The average Bonchev–Trinajstić information content (AvgIpc) is 3.12. The molecule has 0 saturated heterocycles. The van der Waals surface area contributed by atoms with E-state index < -0.39 is 16.1 Å². The number of aryl methyl sites for hydroxylation is 1. The highest BCUT2D eigenvalue weighted by Crippen LogP contribution is 2.36. The average molecular weight is 448 g/mol. The van der Waals surface area contributed by atoms with Crippen LogP contribution in [0.25, 0.3) is 22.0 Å². The fourth-order valence-corrected chi connectivity index (χ4v) is 3.85. The van der Waals surface area contributed by atoms with E-state index in [9.17, 15) is 13.2 Å². The van der Waals surface area contributed by atoms with E-state index in [0.717, 1.165) is 16.7 Å². The lowest BCUT2D eigenvalue weighted by atomic mass is 10.0. The summed E-state index contributed by atoms with van der Waals surface area (Å²) < 4.78 is 23.7. The van der Waals surface area contributed by atoms with Crippen molar-refractivity contribution in [1.82, 2.24) is 10.4 Å². The van der Waals surface area contributed by atoms with Crippen LogP contribution in [0.1, 0.15) is 11.1 Å². The van der Waals surface area contributed by atoms with Gasteiger partial charge in [-0.3, -0.25) is 5.32 Å². The number of benzene rings is 3. The zero-order valence-electron chi connectivity index (χ0n) is 17.2. The Balaban J connectivity index is 1.65. The number of fused-ring (bicyclic) bond motifs is 1. The second-order valence-corrected chi connectivity index (χ2v) is 8.79. The van der Waals surface area contributed by atoms with E-state index in [2.05, 4.69) is 20.8 Å². The molecule has 2 amide bonds. The number of aromatic amines is 1. The van der Waals surface area contributed by atoms with Gasteiger partial charge in [-0.15, -0.1) is 0 Å². The van der Waals surface area contributed by atoms with Crippen LogP contribution in [0.5, 0.6) is 0 Å². The normalized spacial score (nSPS) is 11.7. The number of anilines is 1. The molecule has 0 saturated carbocycles. The predicted molar refractivity (Wildman–Crippen MR) is 126 cm³/mol. The minimum Gasteiger partial charge on any atom is -0.341 e. The number of hydrogen-bond acceptors (Lipinski definition) is 4. The van der Waals surface area contributed by atoms with Gasteiger partial charge < -0.3 is 4.98 Å². The van der Waals surface area contributed by atoms with Crippen molar-refractivity contribution >= 4 is 39.0 Å². The summed E-state index contributed by atoms with van der Waals surface area (Å²) in [5.74, 6) is 0.404. The Bertz CT molecular complexity index is 1410. The number of nitrogens with zero attached hydrogens (tertiary/aromatic N) is 1. The zero-order chi connectivity index (χ0) is 22.7. The van der Waals surface area contributed by atoms with E-state index in [1.807, 2.05) is 61.5 Å². The number of nitrogens with two attached hydrogens (primary N) is 1. The lowest BCUT2D eigenvalue weighted by Gasteiger charge is -2.07. The fourth-order valence-electron chi connectivity index (χ4n) is 3.31. The SMILES string of the molecule is Cc1ccc(/C=N/NC(=O)Nc2[nH]c3ccc(S(N)(=O)=O)cc3c2-c2ccccc2)cc1. The Morgan fingerprint density at radius 2 is 1.75 bits per heavy atom. The highest BCUT2D eigenvalue weighted by atomic mass is 32.2. The number of hydrazone groups is 1. The highest BCUT2D eigenvalue weighted by molar-refractivity contribution is 7.89. The van der Waals surface area contributed by atoms with Gasteiger partial charge in [-0.1, -0.05) is 60.2 Å². The Morgan fingerprint density at radius 3 is 2.44 bits per heavy atom. The van der Waals surface area contributed by atoms with Gasteiger partial charge in [-0.05, 0) is 36.2 Å². The predicted octanol–water partition coefficient (Wildman–Crippen LogP) is 3.95. The maximum atomic E-state index is 12.5. The number of hydrogen-bond donors (Lipinski definition) is 4. The monoisotopic (exact) mass is 447 g/mol. The molecule has 0 unspecified atom stereocenters. The topological polar surface area (TPSA) is 129 Å². The number of carbonyl (C=O) groups excluding carboxylic acids is 1. The van der Waals surface area contributed by atoms with Crippen molar-refractivity contribution in [2.24, 2.45) is 10.2 Å². The maximum Gasteiger partial charge on any atom is 0.340 e. The van der Waals surface area contributed by atoms with Gasteiger partial charge >= 0.3 is 6.03 Å². The lowest BCUT2D eigenvalue weighted by Crippen LogP contribution is -2.24. The molecular weight excluding hydrogens is 426 g/mol. The summed E-state index contributed by atoms with van der Waals surface area (Å²) in [6.07, 6.45) is 1.54. The first kappa shape index (κ1) is 21.3. The summed E-state index contributed by atoms with van der Waals surface area (Å²) in [5.41, 5.74) is 6.50. The maximum absolute atomic E-state index is 12.5. The van der Waals surface area contributed by atoms with Crippen LogP contribution in [0, 0.1) is 6.92 Å². The summed E-state index contributed by atoms with van der Waals surface area (Å²) in [5, 5.41) is 12.6. The molecule has 0 aliphatic carbocycles. The third-order valence-electron chi connectivity index (χ3n) is 4.86. The molecule has 9 heteroatoms. The summed E-state index contributed by atoms with van der Waals surface area (Å²) in [7, 11) is -3.88. The first-order valence-electron chi connectivity index (χ1n) is 9.72. The molecule has 1 heterocycles. The third-order valence-corrected chi connectivity index (χ3v) is 5.77. The standard InChI is InChI=1S/C23H21N5O3S/c1-15-7-9-16(10-8-15)14-25-28-23(29)27-22-21(17-5-3-2-4-6-17)19-13-18(32(24,30)31)11-12-20(19)26-22/h2-14,26H,1H3,(H2,24,30,31)(H2,27,28,29)/b25-14+. The van der Waals surface area contributed by atoms with Gasteiger partial charge in [0.2, 0.25) is 10.0 Å². The van der Waals surface area contributed by atoms with Gasteiger partial charge in [0, 0.05) is 16.5 Å². The van der Waals surface area contributed by atoms with Gasteiger partial charge in [0.25, 0.3) is 0 Å². The molecule has 0 atom stereocenters. The summed E-state index contributed by atoms with van der Waals surface area (Å²) >= 11 is 0. The van der Waals surface area contributed by atoms with Crippen LogP contribution in [0.4, 0.5) is 10.6 Å². The third kappa shape index (κ3) is 4.69.